The molecule has 0 radical (unpaired) electrons. The van der Waals surface area contributed by atoms with Crippen molar-refractivity contribution in [3.63, 3.8) is 0 Å². The molecule has 2 saturated heterocycles. The molecule has 2 fully saturated rings. The number of sulfone groups is 1. The molecule has 0 aliphatic carbocycles. The first kappa shape index (κ1) is 16.5. The Hall–Kier alpha value is -1.40. The average Bonchev–Trinajstić information content (AvgIpc) is 3.10. The van der Waals surface area contributed by atoms with Crippen molar-refractivity contribution in [3.8, 4) is 0 Å². The van der Waals surface area contributed by atoms with Crippen LogP contribution in [0.25, 0.3) is 0 Å². The number of benzene rings is 1. The van der Waals surface area contributed by atoms with Gasteiger partial charge in [-0.25, -0.2) is 8.42 Å². The molecule has 2 aliphatic heterocycles. The standard InChI is InChI=1S/C17H24N2O3S/c1-13(18-12-16-4-3-11-23(16,21)22)14-6-8-15(9-7-14)19-10-2-5-17(19)20/h6-9,13,16,18H,2-5,10-12H2,1H3/t13-,16+/m1/s1. The van der Waals surface area contributed by atoms with Gasteiger partial charge in [0.1, 0.15) is 0 Å². The lowest BCUT2D eigenvalue weighted by Gasteiger charge is -2.19. The van der Waals surface area contributed by atoms with Crippen LogP contribution >= 0.6 is 0 Å². The molecule has 0 saturated carbocycles. The van der Waals surface area contributed by atoms with Gasteiger partial charge in [0, 0.05) is 31.2 Å². The van der Waals surface area contributed by atoms with E-state index in [2.05, 4.69) is 5.32 Å². The lowest BCUT2D eigenvalue weighted by molar-refractivity contribution is -0.117. The molecule has 3 rings (SSSR count). The minimum Gasteiger partial charge on any atom is -0.312 e. The maximum absolute atomic E-state index is 11.9. The summed E-state index contributed by atoms with van der Waals surface area (Å²) in [6, 6.07) is 8.07. The molecule has 5 nitrogen and oxygen atoms in total. The zero-order valence-electron chi connectivity index (χ0n) is 13.5. The molecule has 1 aromatic rings. The third-order valence-corrected chi connectivity index (χ3v) is 7.17. The van der Waals surface area contributed by atoms with E-state index in [1.54, 1.807) is 0 Å². The summed E-state index contributed by atoms with van der Waals surface area (Å²) in [6.45, 7) is 3.35. The molecule has 2 heterocycles. The van der Waals surface area contributed by atoms with Crippen LogP contribution in [0.4, 0.5) is 5.69 Å². The minimum absolute atomic E-state index is 0.0918. The van der Waals surface area contributed by atoms with E-state index < -0.39 is 9.84 Å². The fraction of sp³-hybridized carbons (Fsp3) is 0.588. The predicted octanol–water partition coefficient (Wildman–Crippen LogP) is 2.04. The Balaban J connectivity index is 1.59. The smallest absolute Gasteiger partial charge is 0.227 e. The molecular formula is C17H24N2O3S. The number of nitrogens with zero attached hydrogens (tertiary/aromatic N) is 1. The van der Waals surface area contributed by atoms with Crippen molar-refractivity contribution in [2.75, 3.05) is 23.7 Å². The normalized spacial score (nSPS) is 25.0. The highest BCUT2D eigenvalue weighted by atomic mass is 32.2. The van der Waals surface area contributed by atoms with Gasteiger partial charge in [-0.3, -0.25) is 4.79 Å². The van der Waals surface area contributed by atoms with Crippen molar-refractivity contribution >= 4 is 21.4 Å². The SMILES string of the molecule is C[C@@H](NC[C@@H]1CCCS1(=O)=O)c1ccc(N2CCCC2=O)cc1. The largest absolute Gasteiger partial charge is 0.312 e. The molecule has 6 heteroatoms. The molecule has 0 bridgehead atoms. The van der Waals surface area contributed by atoms with Crippen molar-refractivity contribution < 1.29 is 13.2 Å². The van der Waals surface area contributed by atoms with Crippen LogP contribution in [0.5, 0.6) is 0 Å². The highest BCUT2D eigenvalue weighted by Gasteiger charge is 2.31. The number of nitrogens with one attached hydrogen (secondary N) is 1. The van der Waals surface area contributed by atoms with Crippen LogP contribution in [-0.4, -0.2) is 38.4 Å². The molecule has 2 atom stereocenters. The summed E-state index contributed by atoms with van der Waals surface area (Å²) in [5.41, 5.74) is 2.05. The Bertz CT molecular complexity index is 670. The lowest BCUT2D eigenvalue weighted by Crippen LogP contribution is -2.32. The second-order valence-electron chi connectivity index (χ2n) is 6.50. The Morgan fingerprint density at radius 2 is 2.00 bits per heavy atom. The summed E-state index contributed by atoms with van der Waals surface area (Å²) < 4.78 is 23.7. The number of rotatable bonds is 5. The Morgan fingerprint density at radius 3 is 2.57 bits per heavy atom. The highest BCUT2D eigenvalue weighted by molar-refractivity contribution is 7.92. The Kier molecular flexibility index (Phi) is 4.73. The van der Waals surface area contributed by atoms with Gasteiger partial charge in [0.15, 0.2) is 9.84 Å². The van der Waals surface area contributed by atoms with Crippen molar-refractivity contribution in [1.82, 2.24) is 5.32 Å². The number of carbonyl (C=O) groups excluding carboxylic acids is 1. The van der Waals surface area contributed by atoms with Gasteiger partial charge in [-0.05, 0) is 43.9 Å². The third-order valence-electron chi connectivity index (χ3n) is 4.89. The number of amides is 1. The Labute approximate surface area is 138 Å². The van der Waals surface area contributed by atoms with Crippen molar-refractivity contribution in [1.29, 1.82) is 0 Å². The molecule has 23 heavy (non-hydrogen) atoms. The van der Waals surface area contributed by atoms with Gasteiger partial charge < -0.3 is 10.2 Å². The summed E-state index contributed by atoms with van der Waals surface area (Å²) in [4.78, 5) is 13.6. The molecule has 1 amide bonds. The fourth-order valence-electron chi connectivity index (χ4n) is 3.38. The zero-order valence-corrected chi connectivity index (χ0v) is 14.3. The monoisotopic (exact) mass is 336 g/mol. The number of anilines is 1. The minimum atomic E-state index is -2.90. The number of hydrogen-bond acceptors (Lipinski definition) is 4. The van der Waals surface area contributed by atoms with Crippen LogP contribution in [-0.2, 0) is 14.6 Å². The second-order valence-corrected chi connectivity index (χ2v) is 8.90. The summed E-state index contributed by atoms with van der Waals surface area (Å²) in [5, 5.41) is 3.09. The molecule has 1 N–H and O–H groups in total. The van der Waals surface area contributed by atoms with Crippen molar-refractivity contribution in [2.45, 2.75) is 43.9 Å². The quantitative estimate of drug-likeness (QED) is 0.893. The first-order chi connectivity index (χ1) is 11.0. The molecule has 2 aliphatic rings. The maximum atomic E-state index is 11.9. The summed E-state index contributed by atoms with van der Waals surface area (Å²) in [5.74, 6) is 0.516. The topological polar surface area (TPSA) is 66.5 Å². The summed E-state index contributed by atoms with van der Waals surface area (Å²) in [6.07, 6.45) is 3.10. The van der Waals surface area contributed by atoms with Crippen LogP contribution in [0.2, 0.25) is 0 Å². The van der Waals surface area contributed by atoms with Gasteiger partial charge in [0.05, 0.1) is 11.0 Å². The number of carbonyl (C=O) groups is 1. The van der Waals surface area contributed by atoms with Crippen LogP contribution in [0.1, 0.15) is 44.2 Å². The predicted molar refractivity (Wildman–Crippen MR) is 91.3 cm³/mol. The number of hydrogen-bond donors (Lipinski definition) is 1. The maximum Gasteiger partial charge on any atom is 0.227 e. The molecule has 0 spiro atoms. The summed E-state index contributed by atoms with van der Waals surface area (Å²) in [7, 11) is -2.90. The van der Waals surface area contributed by atoms with Crippen LogP contribution < -0.4 is 10.2 Å². The molecular weight excluding hydrogens is 312 g/mol. The first-order valence-corrected chi connectivity index (χ1v) is 10.0. The third kappa shape index (κ3) is 3.58. The lowest BCUT2D eigenvalue weighted by atomic mass is 10.1. The van der Waals surface area contributed by atoms with Gasteiger partial charge in [-0.2, -0.15) is 0 Å². The molecule has 126 valence electrons. The van der Waals surface area contributed by atoms with E-state index in [9.17, 15) is 13.2 Å². The first-order valence-electron chi connectivity index (χ1n) is 8.32. The van der Waals surface area contributed by atoms with Crippen LogP contribution in [0.3, 0.4) is 0 Å². The highest BCUT2D eigenvalue weighted by Crippen LogP contribution is 2.24. The van der Waals surface area contributed by atoms with Gasteiger partial charge in [-0.1, -0.05) is 12.1 Å². The van der Waals surface area contributed by atoms with Crippen molar-refractivity contribution in [2.24, 2.45) is 0 Å². The van der Waals surface area contributed by atoms with Crippen LogP contribution in [0.15, 0.2) is 24.3 Å². The fourth-order valence-corrected chi connectivity index (χ4v) is 5.16. The Morgan fingerprint density at radius 1 is 1.26 bits per heavy atom. The second kappa shape index (κ2) is 6.61. The van der Waals surface area contributed by atoms with E-state index in [4.69, 9.17) is 0 Å². The van der Waals surface area contributed by atoms with Gasteiger partial charge in [-0.15, -0.1) is 0 Å². The van der Waals surface area contributed by atoms with Crippen molar-refractivity contribution in [3.05, 3.63) is 29.8 Å². The van der Waals surface area contributed by atoms with Crippen LogP contribution in [0, 0.1) is 0 Å². The van der Waals surface area contributed by atoms with E-state index in [0.29, 0.717) is 18.7 Å². The van der Waals surface area contributed by atoms with Gasteiger partial charge in [0.25, 0.3) is 0 Å². The van der Waals surface area contributed by atoms with E-state index in [-0.39, 0.29) is 17.2 Å². The van der Waals surface area contributed by atoms with E-state index in [1.807, 2.05) is 36.1 Å². The van der Waals surface area contributed by atoms with Gasteiger partial charge in [0.2, 0.25) is 5.91 Å². The molecule has 0 aromatic heterocycles. The van der Waals surface area contributed by atoms with E-state index in [0.717, 1.165) is 37.1 Å². The zero-order chi connectivity index (χ0) is 16.4. The van der Waals surface area contributed by atoms with Gasteiger partial charge >= 0.3 is 0 Å². The molecule has 1 aromatic carbocycles. The van der Waals surface area contributed by atoms with E-state index >= 15 is 0 Å². The van der Waals surface area contributed by atoms with E-state index in [1.165, 1.54) is 0 Å². The molecule has 0 unspecified atom stereocenters. The average molecular weight is 336 g/mol. The summed E-state index contributed by atoms with van der Waals surface area (Å²) >= 11 is 0.